The highest BCUT2D eigenvalue weighted by Gasteiger charge is 2.52. The van der Waals surface area contributed by atoms with Crippen molar-refractivity contribution >= 4 is 5.91 Å². The fourth-order valence-corrected chi connectivity index (χ4v) is 2.79. The molecule has 1 heterocycles. The van der Waals surface area contributed by atoms with E-state index in [0.29, 0.717) is 18.0 Å². The van der Waals surface area contributed by atoms with Gasteiger partial charge in [0.05, 0.1) is 0 Å². The van der Waals surface area contributed by atoms with Gasteiger partial charge in [-0.15, -0.1) is 0 Å². The lowest BCUT2D eigenvalue weighted by molar-refractivity contribution is -0.135. The standard InChI is InChI=1S/C14H26N2O/c1-10(2)16(9-11-6-5-7-15-11)13(17)12-8-14(12,3)4/h10-12,15H,5-9H2,1-4H3. The number of hydrogen-bond donors (Lipinski definition) is 1. The van der Waals surface area contributed by atoms with Crippen molar-refractivity contribution in [3.05, 3.63) is 0 Å². The Morgan fingerprint density at radius 3 is 2.53 bits per heavy atom. The van der Waals surface area contributed by atoms with Crippen LogP contribution in [0.2, 0.25) is 0 Å². The van der Waals surface area contributed by atoms with E-state index in [1.807, 2.05) is 0 Å². The first kappa shape index (κ1) is 12.9. The molecule has 1 saturated carbocycles. The van der Waals surface area contributed by atoms with Crippen molar-refractivity contribution < 1.29 is 4.79 Å². The van der Waals surface area contributed by atoms with E-state index < -0.39 is 0 Å². The van der Waals surface area contributed by atoms with E-state index in [1.54, 1.807) is 0 Å². The molecule has 0 spiro atoms. The molecule has 0 aromatic heterocycles. The highest BCUT2D eigenvalue weighted by molar-refractivity contribution is 5.82. The topological polar surface area (TPSA) is 32.3 Å². The Kier molecular flexibility index (Phi) is 3.48. The third kappa shape index (κ3) is 2.82. The molecule has 3 nitrogen and oxygen atoms in total. The largest absolute Gasteiger partial charge is 0.338 e. The van der Waals surface area contributed by atoms with Gasteiger partial charge in [0.15, 0.2) is 0 Å². The maximum atomic E-state index is 12.4. The molecule has 2 atom stereocenters. The summed E-state index contributed by atoms with van der Waals surface area (Å²) < 4.78 is 0. The highest BCUT2D eigenvalue weighted by atomic mass is 16.2. The van der Waals surface area contributed by atoms with Crippen LogP contribution in [0.3, 0.4) is 0 Å². The van der Waals surface area contributed by atoms with Gasteiger partial charge in [-0.2, -0.15) is 0 Å². The summed E-state index contributed by atoms with van der Waals surface area (Å²) in [5, 5.41) is 3.48. The predicted octanol–water partition coefficient (Wildman–Crippen LogP) is 2.02. The molecule has 1 saturated heterocycles. The van der Waals surface area contributed by atoms with Gasteiger partial charge >= 0.3 is 0 Å². The molecule has 2 fully saturated rings. The number of carbonyl (C=O) groups is 1. The number of amides is 1. The second kappa shape index (κ2) is 4.60. The van der Waals surface area contributed by atoms with Crippen LogP contribution in [0.5, 0.6) is 0 Å². The molecule has 2 rings (SSSR count). The van der Waals surface area contributed by atoms with Crippen LogP contribution in [-0.2, 0) is 4.79 Å². The average molecular weight is 238 g/mol. The molecule has 2 unspecified atom stereocenters. The van der Waals surface area contributed by atoms with E-state index in [-0.39, 0.29) is 11.3 Å². The molecule has 98 valence electrons. The summed E-state index contributed by atoms with van der Waals surface area (Å²) in [5.74, 6) is 0.644. The number of nitrogens with zero attached hydrogens (tertiary/aromatic N) is 1. The van der Waals surface area contributed by atoms with Crippen molar-refractivity contribution in [1.82, 2.24) is 10.2 Å². The number of nitrogens with one attached hydrogen (secondary N) is 1. The lowest BCUT2D eigenvalue weighted by Crippen LogP contribution is -2.45. The summed E-state index contributed by atoms with van der Waals surface area (Å²) >= 11 is 0. The van der Waals surface area contributed by atoms with Crippen LogP contribution in [0.4, 0.5) is 0 Å². The zero-order chi connectivity index (χ0) is 12.6. The molecule has 3 heteroatoms. The Labute approximate surface area is 105 Å². The van der Waals surface area contributed by atoms with E-state index >= 15 is 0 Å². The Balaban J connectivity index is 1.94. The lowest BCUT2D eigenvalue weighted by Gasteiger charge is -2.30. The van der Waals surface area contributed by atoms with E-state index in [1.165, 1.54) is 12.8 Å². The van der Waals surface area contributed by atoms with Crippen LogP contribution < -0.4 is 5.32 Å². The van der Waals surface area contributed by atoms with Crippen LogP contribution in [-0.4, -0.2) is 36.0 Å². The SMILES string of the molecule is CC(C)N(CC1CCCN1)C(=O)C1CC1(C)C. The minimum Gasteiger partial charge on any atom is -0.338 e. The van der Waals surface area contributed by atoms with Crippen molar-refractivity contribution in [3.63, 3.8) is 0 Å². The van der Waals surface area contributed by atoms with Gasteiger partial charge in [-0.05, 0) is 45.1 Å². The first-order chi connectivity index (χ1) is 7.92. The highest BCUT2D eigenvalue weighted by Crippen LogP contribution is 2.52. The van der Waals surface area contributed by atoms with Gasteiger partial charge in [-0.25, -0.2) is 0 Å². The van der Waals surface area contributed by atoms with Gasteiger partial charge in [-0.3, -0.25) is 4.79 Å². The predicted molar refractivity (Wildman–Crippen MR) is 69.8 cm³/mol. The maximum Gasteiger partial charge on any atom is 0.226 e. The zero-order valence-electron chi connectivity index (χ0n) is 11.6. The minimum absolute atomic E-state index is 0.243. The zero-order valence-corrected chi connectivity index (χ0v) is 11.6. The molecule has 1 N–H and O–H groups in total. The summed E-state index contributed by atoms with van der Waals surface area (Å²) in [5.41, 5.74) is 0.243. The van der Waals surface area contributed by atoms with Gasteiger partial charge < -0.3 is 10.2 Å². The quantitative estimate of drug-likeness (QED) is 0.812. The molecule has 1 aliphatic carbocycles. The molecule has 0 bridgehead atoms. The smallest absolute Gasteiger partial charge is 0.226 e. The number of hydrogen-bond acceptors (Lipinski definition) is 2. The molecule has 17 heavy (non-hydrogen) atoms. The van der Waals surface area contributed by atoms with Crippen molar-refractivity contribution in [2.45, 2.75) is 59.0 Å². The van der Waals surface area contributed by atoms with Crippen molar-refractivity contribution in [2.24, 2.45) is 11.3 Å². The third-order valence-corrected chi connectivity index (χ3v) is 4.30. The first-order valence-corrected chi connectivity index (χ1v) is 6.95. The summed E-state index contributed by atoms with van der Waals surface area (Å²) in [7, 11) is 0. The van der Waals surface area contributed by atoms with Gasteiger partial charge in [0, 0.05) is 24.5 Å². The van der Waals surface area contributed by atoms with Gasteiger partial charge in [0.2, 0.25) is 5.91 Å². The minimum atomic E-state index is 0.243. The Morgan fingerprint density at radius 1 is 1.47 bits per heavy atom. The molecular formula is C14H26N2O. The van der Waals surface area contributed by atoms with Crippen molar-refractivity contribution in [3.8, 4) is 0 Å². The second-order valence-corrected chi connectivity index (χ2v) is 6.62. The molecule has 1 aliphatic heterocycles. The first-order valence-electron chi connectivity index (χ1n) is 6.95. The molecule has 0 radical (unpaired) electrons. The monoisotopic (exact) mass is 238 g/mol. The van der Waals surface area contributed by atoms with Crippen molar-refractivity contribution in [1.29, 1.82) is 0 Å². The maximum absolute atomic E-state index is 12.4. The van der Waals surface area contributed by atoms with E-state index in [4.69, 9.17) is 0 Å². The van der Waals surface area contributed by atoms with Crippen LogP contribution >= 0.6 is 0 Å². The molecular weight excluding hydrogens is 212 g/mol. The van der Waals surface area contributed by atoms with Crippen LogP contribution in [0.25, 0.3) is 0 Å². The van der Waals surface area contributed by atoms with E-state index in [2.05, 4.69) is 37.9 Å². The summed E-state index contributed by atoms with van der Waals surface area (Å²) in [6.45, 7) is 10.6. The van der Waals surface area contributed by atoms with E-state index in [0.717, 1.165) is 19.5 Å². The molecule has 1 amide bonds. The van der Waals surface area contributed by atoms with Crippen LogP contribution in [0.15, 0.2) is 0 Å². The molecule has 0 aromatic carbocycles. The Hall–Kier alpha value is -0.570. The van der Waals surface area contributed by atoms with Gasteiger partial charge in [0.25, 0.3) is 0 Å². The summed E-state index contributed by atoms with van der Waals surface area (Å²) in [6, 6.07) is 0.838. The summed E-state index contributed by atoms with van der Waals surface area (Å²) in [6.07, 6.45) is 3.53. The fourth-order valence-electron chi connectivity index (χ4n) is 2.79. The molecule has 0 aromatic rings. The van der Waals surface area contributed by atoms with Crippen LogP contribution in [0, 0.1) is 11.3 Å². The van der Waals surface area contributed by atoms with E-state index in [9.17, 15) is 4.79 Å². The Morgan fingerprint density at radius 2 is 2.12 bits per heavy atom. The molecule has 2 aliphatic rings. The Bertz CT molecular complexity index is 293. The summed E-state index contributed by atoms with van der Waals surface area (Å²) in [4.78, 5) is 14.5. The lowest BCUT2D eigenvalue weighted by atomic mass is 10.1. The number of rotatable bonds is 4. The van der Waals surface area contributed by atoms with Crippen molar-refractivity contribution in [2.75, 3.05) is 13.1 Å². The van der Waals surface area contributed by atoms with Gasteiger partial charge in [-0.1, -0.05) is 13.8 Å². The van der Waals surface area contributed by atoms with Crippen LogP contribution in [0.1, 0.15) is 47.0 Å². The average Bonchev–Trinajstić information content (AvgIpc) is 2.66. The third-order valence-electron chi connectivity index (χ3n) is 4.30. The normalized spacial score (nSPS) is 30.6. The fraction of sp³-hybridized carbons (Fsp3) is 0.929. The van der Waals surface area contributed by atoms with Gasteiger partial charge in [0.1, 0.15) is 0 Å². The second-order valence-electron chi connectivity index (χ2n) is 6.62. The number of carbonyl (C=O) groups excluding carboxylic acids is 1.